The minimum atomic E-state index is 0.0153. The van der Waals surface area contributed by atoms with Crippen LogP contribution in [0.1, 0.15) is 30.9 Å². The number of hydrogen-bond acceptors (Lipinski definition) is 6. The smallest absolute Gasteiger partial charge is 0.225 e. The van der Waals surface area contributed by atoms with Gasteiger partial charge in [-0.15, -0.1) is 0 Å². The molecule has 0 spiro atoms. The monoisotopic (exact) mass is 363 g/mol. The third kappa shape index (κ3) is 4.80. The van der Waals surface area contributed by atoms with Crippen LogP contribution in [0.25, 0.3) is 11.3 Å². The van der Waals surface area contributed by atoms with Crippen LogP contribution in [0.2, 0.25) is 0 Å². The Balaban J connectivity index is 1.93. The number of aliphatic hydroxyl groups is 1. The van der Waals surface area contributed by atoms with Crippen molar-refractivity contribution in [1.82, 2.24) is 15.0 Å². The summed E-state index contributed by atoms with van der Waals surface area (Å²) >= 11 is 0. The lowest BCUT2D eigenvalue weighted by molar-refractivity contribution is 0.311. The van der Waals surface area contributed by atoms with E-state index in [1.54, 1.807) is 12.4 Å². The summed E-state index contributed by atoms with van der Waals surface area (Å²) in [6, 6.07) is 12.1. The number of nitrogens with one attached hydrogen (secondary N) is 2. The summed E-state index contributed by atoms with van der Waals surface area (Å²) in [5.74, 6) is 1.65. The van der Waals surface area contributed by atoms with Crippen LogP contribution >= 0.6 is 0 Å². The molecule has 3 rings (SSSR count). The molecule has 1 aromatic carbocycles. The molecule has 3 aromatic rings. The van der Waals surface area contributed by atoms with Crippen molar-refractivity contribution in [1.29, 1.82) is 0 Å². The van der Waals surface area contributed by atoms with Crippen molar-refractivity contribution < 1.29 is 5.11 Å². The number of hydrogen-bond donors (Lipinski definition) is 3. The zero-order valence-electron chi connectivity index (χ0n) is 15.9. The molecule has 0 amide bonds. The van der Waals surface area contributed by atoms with E-state index in [1.807, 2.05) is 18.2 Å². The van der Waals surface area contributed by atoms with Crippen molar-refractivity contribution >= 4 is 17.5 Å². The van der Waals surface area contributed by atoms with Gasteiger partial charge >= 0.3 is 0 Å². The normalized spacial score (nSPS) is 10.9. The zero-order valence-corrected chi connectivity index (χ0v) is 15.9. The molecular formula is C21H25N5O. The van der Waals surface area contributed by atoms with Crippen LogP contribution in [0.4, 0.5) is 17.5 Å². The fourth-order valence-corrected chi connectivity index (χ4v) is 2.98. The quantitative estimate of drug-likeness (QED) is 0.586. The van der Waals surface area contributed by atoms with Gasteiger partial charge in [0.05, 0.1) is 12.3 Å². The second-order valence-electron chi connectivity index (χ2n) is 6.70. The maximum absolute atomic E-state index is 9.08. The van der Waals surface area contributed by atoms with Gasteiger partial charge in [0.1, 0.15) is 5.82 Å². The lowest BCUT2D eigenvalue weighted by atomic mass is 9.98. The van der Waals surface area contributed by atoms with Gasteiger partial charge in [-0.25, -0.2) is 4.98 Å². The molecule has 2 aromatic heterocycles. The summed E-state index contributed by atoms with van der Waals surface area (Å²) in [6.45, 7) is 6.92. The van der Waals surface area contributed by atoms with Crippen molar-refractivity contribution in [3.05, 3.63) is 59.9 Å². The first kappa shape index (κ1) is 18.8. The number of nitrogens with zero attached hydrogens (tertiary/aromatic N) is 3. The standard InChI is InChI=1S/C21H25N5O/c1-14(2)18-5-4-17(12-15(18)3)24-20-13-19(16-6-8-22-9-7-16)25-21(26-20)23-10-11-27/h4-9,12-14,27H,10-11H2,1-3H3,(H2,23,24,25,26). The van der Waals surface area contributed by atoms with Crippen LogP contribution in [0.15, 0.2) is 48.8 Å². The number of aromatic nitrogens is 3. The van der Waals surface area contributed by atoms with Crippen molar-refractivity contribution in [3.8, 4) is 11.3 Å². The molecule has 0 aliphatic rings. The fourth-order valence-electron chi connectivity index (χ4n) is 2.98. The Hall–Kier alpha value is -2.99. The van der Waals surface area contributed by atoms with E-state index in [-0.39, 0.29) is 6.61 Å². The third-order valence-electron chi connectivity index (χ3n) is 4.26. The fraction of sp³-hybridized carbons (Fsp3) is 0.286. The van der Waals surface area contributed by atoms with Crippen molar-refractivity contribution in [2.75, 3.05) is 23.8 Å². The molecule has 0 atom stereocenters. The van der Waals surface area contributed by atoms with Crippen LogP contribution in [0.5, 0.6) is 0 Å². The van der Waals surface area contributed by atoms with Crippen molar-refractivity contribution in [2.45, 2.75) is 26.7 Å². The predicted molar refractivity (Wildman–Crippen MR) is 109 cm³/mol. The number of pyridine rings is 1. The molecule has 140 valence electrons. The first-order valence-corrected chi connectivity index (χ1v) is 9.08. The molecule has 0 aliphatic heterocycles. The Bertz CT molecular complexity index is 896. The van der Waals surface area contributed by atoms with Crippen LogP contribution < -0.4 is 10.6 Å². The van der Waals surface area contributed by atoms with Gasteiger partial charge in [0.2, 0.25) is 5.95 Å². The molecule has 27 heavy (non-hydrogen) atoms. The van der Waals surface area contributed by atoms with E-state index in [0.29, 0.717) is 24.2 Å². The number of aryl methyl sites for hydroxylation is 1. The largest absolute Gasteiger partial charge is 0.395 e. The van der Waals surface area contributed by atoms with Crippen LogP contribution in [0.3, 0.4) is 0 Å². The Labute approximate surface area is 159 Å². The van der Waals surface area contributed by atoms with Gasteiger partial charge in [-0.3, -0.25) is 4.98 Å². The second-order valence-corrected chi connectivity index (χ2v) is 6.70. The molecular weight excluding hydrogens is 338 g/mol. The van der Waals surface area contributed by atoms with Gasteiger partial charge in [-0.1, -0.05) is 19.9 Å². The van der Waals surface area contributed by atoms with Gasteiger partial charge in [-0.05, 0) is 48.2 Å². The van der Waals surface area contributed by atoms with E-state index < -0.39 is 0 Å². The molecule has 0 radical (unpaired) electrons. The Morgan fingerprint density at radius 2 is 1.81 bits per heavy atom. The van der Waals surface area contributed by atoms with Crippen molar-refractivity contribution in [3.63, 3.8) is 0 Å². The topological polar surface area (TPSA) is 83.0 Å². The molecule has 0 unspecified atom stereocenters. The van der Waals surface area contributed by atoms with E-state index in [1.165, 1.54) is 11.1 Å². The SMILES string of the molecule is Cc1cc(Nc2cc(-c3ccncc3)nc(NCCO)n2)ccc1C(C)C. The second kappa shape index (κ2) is 8.60. The van der Waals surface area contributed by atoms with Gasteiger partial charge < -0.3 is 15.7 Å². The van der Waals surface area contributed by atoms with E-state index >= 15 is 0 Å². The van der Waals surface area contributed by atoms with Crippen LogP contribution in [-0.2, 0) is 0 Å². The minimum Gasteiger partial charge on any atom is -0.395 e. The number of aliphatic hydroxyl groups excluding tert-OH is 1. The number of rotatable bonds is 7. The molecule has 2 heterocycles. The third-order valence-corrected chi connectivity index (χ3v) is 4.26. The maximum atomic E-state index is 9.08. The lowest BCUT2D eigenvalue weighted by Crippen LogP contribution is -2.10. The molecule has 0 bridgehead atoms. The van der Waals surface area contributed by atoms with E-state index in [0.717, 1.165) is 16.9 Å². The highest BCUT2D eigenvalue weighted by Gasteiger charge is 2.09. The Kier molecular flexibility index (Phi) is 5.98. The Morgan fingerprint density at radius 1 is 1.04 bits per heavy atom. The summed E-state index contributed by atoms with van der Waals surface area (Å²) in [4.78, 5) is 13.1. The first-order valence-electron chi connectivity index (χ1n) is 9.08. The number of benzene rings is 1. The molecule has 0 aliphatic carbocycles. The van der Waals surface area contributed by atoms with E-state index in [9.17, 15) is 0 Å². The van der Waals surface area contributed by atoms with Crippen molar-refractivity contribution in [2.24, 2.45) is 0 Å². The van der Waals surface area contributed by atoms with E-state index in [4.69, 9.17) is 5.11 Å². The van der Waals surface area contributed by atoms with Gasteiger partial charge in [0, 0.05) is 36.3 Å². The Morgan fingerprint density at radius 3 is 2.48 bits per heavy atom. The average Bonchev–Trinajstić information content (AvgIpc) is 2.66. The summed E-state index contributed by atoms with van der Waals surface area (Å²) in [7, 11) is 0. The molecule has 6 nitrogen and oxygen atoms in total. The van der Waals surface area contributed by atoms with Gasteiger partial charge in [0.15, 0.2) is 0 Å². The van der Waals surface area contributed by atoms with Gasteiger partial charge in [0.25, 0.3) is 0 Å². The number of anilines is 3. The summed E-state index contributed by atoms with van der Waals surface area (Å²) in [6.07, 6.45) is 3.47. The highest BCUT2D eigenvalue weighted by molar-refractivity contribution is 5.67. The van der Waals surface area contributed by atoms with E-state index in [2.05, 4.69) is 64.6 Å². The molecule has 0 fully saturated rings. The minimum absolute atomic E-state index is 0.0153. The zero-order chi connectivity index (χ0) is 19.2. The molecule has 6 heteroatoms. The highest BCUT2D eigenvalue weighted by atomic mass is 16.3. The highest BCUT2D eigenvalue weighted by Crippen LogP contribution is 2.26. The van der Waals surface area contributed by atoms with Crippen LogP contribution in [0, 0.1) is 6.92 Å². The van der Waals surface area contributed by atoms with Gasteiger partial charge in [-0.2, -0.15) is 4.98 Å². The molecule has 0 saturated carbocycles. The van der Waals surface area contributed by atoms with Crippen LogP contribution in [-0.4, -0.2) is 33.2 Å². The summed E-state index contributed by atoms with van der Waals surface area (Å²) in [5, 5.41) is 15.5. The molecule has 0 saturated heterocycles. The molecule has 3 N–H and O–H groups in total. The average molecular weight is 363 g/mol. The summed E-state index contributed by atoms with van der Waals surface area (Å²) in [5.41, 5.74) is 5.30. The first-order chi connectivity index (χ1) is 13.1. The summed E-state index contributed by atoms with van der Waals surface area (Å²) < 4.78 is 0. The lowest BCUT2D eigenvalue weighted by Gasteiger charge is -2.14. The predicted octanol–water partition coefficient (Wildman–Crippen LogP) is 4.12. The maximum Gasteiger partial charge on any atom is 0.225 e.